The number of rotatable bonds is 4. The van der Waals surface area contributed by atoms with Crippen molar-refractivity contribution in [2.45, 2.75) is 6.92 Å². The molecular weight excluding hydrogens is 308 g/mol. The van der Waals surface area contributed by atoms with E-state index in [9.17, 15) is 9.59 Å². The van der Waals surface area contributed by atoms with Gasteiger partial charge in [-0.2, -0.15) is 0 Å². The Morgan fingerprint density at radius 3 is 2.67 bits per heavy atom. The van der Waals surface area contributed by atoms with Gasteiger partial charge in [-0.1, -0.05) is 6.07 Å². The first-order valence-corrected chi connectivity index (χ1v) is 7.47. The van der Waals surface area contributed by atoms with Crippen molar-refractivity contribution in [3.8, 4) is 11.3 Å². The van der Waals surface area contributed by atoms with Crippen LogP contribution in [0.25, 0.3) is 16.8 Å². The van der Waals surface area contributed by atoms with Gasteiger partial charge in [-0.3, -0.25) is 4.98 Å². The van der Waals surface area contributed by atoms with Gasteiger partial charge < -0.3 is 13.9 Å². The number of hydrogen-bond acceptors (Lipinski definition) is 5. The third-order valence-electron chi connectivity index (χ3n) is 3.61. The van der Waals surface area contributed by atoms with E-state index in [1.165, 1.54) is 7.11 Å². The van der Waals surface area contributed by atoms with Crippen LogP contribution in [0.3, 0.4) is 0 Å². The lowest BCUT2D eigenvalue weighted by Gasteiger charge is -2.05. The van der Waals surface area contributed by atoms with Crippen molar-refractivity contribution in [3.63, 3.8) is 0 Å². The van der Waals surface area contributed by atoms with Gasteiger partial charge in [0, 0.05) is 18.0 Å². The van der Waals surface area contributed by atoms with E-state index in [-0.39, 0.29) is 6.61 Å². The van der Waals surface area contributed by atoms with Gasteiger partial charge in [-0.05, 0) is 37.3 Å². The van der Waals surface area contributed by atoms with Gasteiger partial charge in [0.15, 0.2) is 0 Å². The number of carbonyl (C=O) groups excluding carboxylic acids is 2. The highest BCUT2D eigenvalue weighted by atomic mass is 16.5. The Kier molecular flexibility index (Phi) is 4.29. The summed E-state index contributed by atoms with van der Waals surface area (Å²) in [5.74, 6) is -0.934. The molecule has 0 atom stereocenters. The molecule has 6 nitrogen and oxygen atoms in total. The largest absolute Gasteiger partial charge is 0.465 e. The minimum absolute atomic E-state index is 0.266. The maximum absolute atomic E-state index is 12.3. The molecule has 0 spiro atoms. The average Bonchev–Trinajstić information content (AvgIpc) is 3.01. The molecule has 0 aliphatic heterocycles. The van der Waals surface area contributed by atoms with Crippen molar-refractivity contribution in [3.05, 3.63) is 60.0 Å². The van der Waals surface area contributed by atoms with Gasteiger partial charge in [0.1, 0.15) is 5.69 Å². The zero-order chi connectivity index (χ0) is 17.1. The van der Waals surface area contributed by atoms with Crippen molar-refractivity contribution in [2.24, 2.45) is 0 Å². The van der Waals surface area contributed by atoms with Crippen molar-refractivity contribution in [2.75, 3.05) is 13.7 Å². The van der Waals surface area contributed by atoms with Crippen LogP contribution < -0.4 is 0 Å². The topological polar surface area (TPSA) is 69.9 Å². The second-order valence-electron chi connectivity index (χ2n) is 5.04. The number of aromatic nitrogens is 2. The predicted molar refractivity (Wildman–Crippen MR) is 87.9 cm³/mol. The molecule has 0 saturated carbocycles. The van der Waals surface area contributed by atoms with Crippen LogP contribution in [-0.4, -0.2) is 35.0 Å². The number of fused-ring (bicyclic) bond motifs is 1. The van der Waals surface area contributed by atoms with E-state index in [2.05, 4.69) is 4.98 Å². The number of ether oxygens (including phenoxy) is 2. The standard InChI is InChI=1S/C18H16N2O4/c1-3-24-18(22)16-10-13(14-6-4-5-9-19-14)15-8-7-12(11-20(15)16)17(21)23-2/h4-11H,3H2,1-2H3. The van der Waals surface area contributed by atoms with E-state index < -0.39 is 11.9 Å². The van der Waals surface area contributed by atoms with E-state index in [4.69, 9.17) is 9.47 Å². The summed E-state index contributed by atoms with van der Waals surface area (Å²) >= 11 is 0. The first-order chi connectivity index (χ1) is 11.7. The molecule has 3 heterocycles. The molecule has 0 saturated heterocycles. The van der Waals surface area contributed by atoms with Crippen molar-refractivity contribution >= 4 is 17.5 Å². The van der Waals surface area contributed by atoms with Gasteiger partial charge >= 0.3 is 11.9 Å². The SMILES string of the molecule is CCOC(=O)c1cc(-c2ccccn2)c2ccc(C(=O)OC)cn12. The second-order valence-corrected chi connectivity index (χ2v) is 5.04. The molecular formula is C18H16N2O4. The van der Waals surface area contributed by atoms with E-state index in [0.717, 1.165) is 16.8 Å². The summed E-state index contributed by atoms with van der Waals surface area (Å²) in [4.78, 5) is 28.4. The first kappa shape index (κ1) is 15.7. The average molecular weight is 324 g/mol. The molecule has 0 unspecified atom stereocenters. The van der Waals surface area contributed by atoms with Crippen LogP contribution in [0.4, 0.5) is 0 Å². The van der Waals surface area contributed by atoms with Gasteiger partial charge in [-0.15, -0.1) is 0 Å². The molecule has 3 aromatic heterocycles. The summed E-state index contributed by atoms with van der Waals surface area (Å²) in [6, 6.07) is 10.7. The Morgan fingerprint density at radius 2 is 2.00 bits per heavy atom. The number of nitrogens with zero attached hydrogens (tertiary/aromatic N) is 2. The third-order valence-corrected chi connectivity index (χ3v) is 3.61. The summed E-state index contributed by atoms with van der Waals surface area (Å²) in [5.41, 5.74) is 2.95. The van der Waals surface area contributed by atoms with E-state index in [1.807, 2.05) is 18.2 Å². The molecule has 0 aromatic carbocycles. The number of methoxy groups -OCH3 is 1. The van der Waals surface area contributed by atoms with E-state index >= 15 is 0 Å². The number of esters is 2. The molecule has 6 heteroatoms. The molecule has 24 heavy (non-hydrogen) atoms. The molecule has 3 aromatic rings. The summed E-state index contributed by atoms with van der Waals surface area (Å²) < 4.78 is 11.5. The van der Waals surface area contributed by atoms with Crippen molar-refractivity contribution < 1.29 is 19.1 Å². The van der Waals surface area contributed by atoms with Crippen LogP contribution in [0.5, 0.6) is 0 Å². The summed E-state index contributed by atoms with van der Waals surface area (Å²) in [6.07, 6.45) is 3.26. The van der Waals surface area contributed by atoms with Crippen LogP contribution in [-0.2, 0) is 9.47 Å². The molecule has 0 fully saturated rings. The van der Waals surface area contributed by atoms with Crippen molar-refractivity contribution in [1.29, 1.82) is 0 Å². The molecule has 0 aliphatic rings. The lowest BCUT2D eigenvalue weighted by molar-refractivity contribution is 0.0516. The molecule has 0 radical (unpaired) electrons. The van der Waals surface area contributed by atoms with Gasteiger partial charge in [0.05, 0.1) is 30.5 Å². The Hall–Kier alpha value is -3.15. The predicted octanol–water partition coefficient (Wildman–Crippen LogP) is 2.96. The maximum atomic E-state index is 12.3. The smallest absolute Gasteiger partial charge is 0.355 e. The molecule has 0 amide bonds. The summed E-state index contributed by atoms with van der Waals surface area (Å²) in [7, 11) is 1.31. The van der Waals surface area contributed by atoms with Crippen LogP contribution in [0.2, 0.25) is 0 Å². The van der Waals surface area contributed by atoms with E-state index in [1.54, 1.807) is 41.9 Å². The van der Waals surface area contributed by atoms with Crippen LogP contribution in [0, 0.1) is 0 Å². The highest BCUT2D eigenvalue weighted by molar-refractivity contribution is 5.96. The van der Waals surface area contributed by atoms with E-state index in [0.29, 0.717) is 11.3 Å². The Balaban J connectivity index is 2.24. The monoisotopic (exact) mass is 324 g/mol. The summed E-state index contributed by atoms with van der Waals surface area (Å²) in [5, 5.41) is 0. The molecule has 122 valence electrons. The minimum Gasteiger partial charge on any atom is -0.465 e. The van der Waals surface area contributed by atoms with Gasteiger partial charge in [0.25, 0.3) is 0 Å². The van der Waals surface area contributed by atoms with Gasteiger partial charge in [-0.25, -0.2) is 9.59 Å². The Labute approximate surface area is 138 Å². The minimum atomic E-state index is -0.472. The fourth-order valence-electron chi connectivity index (χ4n) is 2.53. The molecule has 0 bridgehead atoms. The number of pyridine rings is 2. The van der Waals surface area contributed by atoms with Crippen LogP contribution in [0.15, 0.2) is 48.8 Å². The highest BCUT2D eigenvalue weighted by Crippen LogP contribution is 2.27. The summed E-state index contributed by atoms with van der Waals surface area (Å²) in [6.45, 7) is 2.01. The Bertz CT molecular complexity index is 900. The number of carbonyl (C=O) groups is 2. The lowest BCUT2D eigenvalue weighted by Crippen LogP contribution is -2.09. The maximum Gasteiger partial charge on any atom is 0.355 e. The normalized spacial score (nSPS) is 10.6. The fourth-order valence-corrected chi connectivity index (χ4v) is 2.53. The zero-order valence-corrected chi connectivity index (χ0v) is 13.4. The van der Waals surface area contributed by atoms with Crippen LogP contribution in [0.1, 0.15) is 27.8 Å². The lowest BCUT2D eigenvalue weighted by atomic mass is 10.1. The van der Waals surface area contributed by atoms with Gasteiger partial charge in [0.2, 0.25) is 0 Å². The quantitative estimate of drug-likeness (QED) is 0.690. The Morgan fingerprint density at radius 1 is 1.17 bits per heavy atom. The third kappa shape index (κ3) is 2.74. The van der Waals surface area contributed by atoms with Crippen LogP contribution >= 0.6 is 0 Å². The fraction of sp³-hybridized carbons (Fsp3) is 0.167. The molecule has 0 aliphatic carbocycles. The molecule has 3 rings (SSSR count). The molecule has 0 N–H and O–H groups in total. The second kappa shape index (κ2) is 6.54. The van der Waals surface area contributed by atoms with Crippen molar-refractivity contribution in [1.82, 2.24) is 9.38 Å². The number of hydrogen-bond donors (Lipinski definition) is 0. The first-order valence-electron chi connectivity index (χ1n) is 7.47. The zero-order valence-electron chi connectivity index (χ0n) is 13.4. The highest BCUT2D eigenvalue weighted by Gasteiger charge is 2.19.